The first kappa shape index (κ1) is 18.4. The minimum atomic E-state index is -0.503. The van der Waals surface area contributed by atoms with Crippen LogP contribution in [-0.4, -0.2) is 18.5 Å². The molecule has 0 unspecified atom stereocenters. The summed E-state index contributed by atoms with van der Waals surface area (Å²) < 4.78 is 25.6. The molecule has 1 aromatic heterocycles. The van der Waals surface area contributed by atoms with E-state index in [1.54, 1.807) is 19.1 Å². The second-order valence-corrected chi connectivity index (χ2v) is 8.60. The molecule has 0 spiro atoms. The van der Waals surface area contributed by atoms with Gasteiger partial charge in [-0.2, -0.15) is 0 Å². The van der Waals surface area contributed by atoms with Crippen LogP contribution in [0.15, 0.2) is 18.2 Å². The van der Waals surface area contributed by atoms with Crippen LogP contribution in [0.1, 0.15) is 54.3 Å². The fourth-order valence-electron chi connectivity index (χ4n) is 4.72. The fourth-order valence-corrected chi connectivity index (χ4v) is 5.83. The SMILES string of the molecule is CCOC(=O)c1sc2cccc(F)c2c1COC(=O)C[C@H]1C[C@@H]2CC[C@@H]1C2. The zero-order valence-corrected chi connectivity index (χ0v) is 16.1. The van der Waals surface area contributed by atoms with Gasteiger partial charge in [0.1, 0.15) is 17.3 Å². The molecule has 2 aliphatic carbocycles. The molecular weight excluding hydrogens is 367 g/mol. The van der Waals surface area contributed by atoms with Crippen LogP contribution in [0, 0.1) is 23.6 Å². The lowest BCUT2D eigenvalue weighted by Gasteiger charge is -2.20. The molecule has 1 aromatic carbocycles. The molecule has 2 saturated carbocycles. The number of rotatable bonds is 6. The molecular formula is C21H23FO4S. The Labute approximate surface area is 161 Å². The van der Waals surface area contributed by atoms with Crippen molar-refractivity contribution in [2.45, 2.75) is 45.6 Å². The van der Waals surface area contributed by atoms with Gasteiger partial charge in [0, 0.05) is 22.1 Å². The molecule has 0 saturated heterocycles. The molecule has 0 N–H and O–H groups in total. The third-order valence-electron chi connectivity index (χ3n) is 5.91. The van der Waals surface area contributed by atoms with Crippen molar-refractivity contribution in [3.05, 3.63) is 34.5 Å². The molecule has 144 valence electrons. The van der Waals surface area contributed by atoms with E-state index in [4.69, 9.17) is 9.47 Å². The van der Waals surface area contributed by atoms with E-state index < -0.39 is 11.8 Å². The van der Waals surface area contributed by atoms with E-state index in [2.05, 4.69) is 0 Å². The average molecular weight is 390 g/mol. The Morgan fingerprint density at radius 1 is 1.22 bits per heavy atom. The summed E-state index contributed by atoms with van der Waals surface area (Å²) in [7, 11) is 0. The lowest BCUT2D eigenvalue weighted by Crippen LogP contribution is -2.17. The first-order valence-corrected chi connectivity index (χ1v) is 10.4. The molecule has 0 radical (unpaired) electrons. The van der Waals surface area contributed by atoms with E-state index in [1.165, 1.54) is 36.7 Å². The van der Waals surface area contributed by atoms with Gasteiger partial charge in [0.15, 0.2) is 0 Å². The second-order valence-electron chi connectivity index (χ2n) is 7.54. The molecule has 2 aliphatic rings. The van der Waals surface area contributed by atoms with Gasteiger partial charge in [-0.25, -0.2) is 9.18 Å². The molecule has 3 atom stereocenters. The Kier molecular flexibility index (Phi) is 5.17. The second kappa shape index (κ2) is 7.58. The van der Waals surface area contributed by atoms with Crippen molar-refractivity contribution in [1.82, 2.24) is 0 Å². The molecule has 4 rings (SSSR count). The monoisotopic (exact) mass is 390 g/mol. The highest BCUT2D eigenvalue weighted by atomic mass is 32.1. The number of hydrogen-bond donors (Lipinski definition) is 0. The molecule has 2 fully saturated rings. The maximum absolute atomic E-state index is 14.4. The van der Waals surface area contributed by atoms with Gasteiger partial charge in [-0.3, -0.25) is 4.79 Å². The van der Waals surface area contributed by atoms with Crippen molar-refractivity contribution in [3.63, 3.8) is 0 Å². The minimum Gasteiger partial charge on any atom is -0.462 e. The normalized spacial score (nSPS) is 23.7. The molecule has 1 heterocycles. The number of ether oxygens (including phenoxy) is 2. The zero-order chi connectivity index (χ0) is 19.0. The first-order chi connectivity index (χ1) is 13.1. The van der Waals surface area contributed by atoms with E-state index in [1.807, 2.05) is 0 Å². The Hall–Kier alpha value is -1.95. The van der Waals surface area contributed by atoms with Crippen LogP contribution in [0.3, 0.4) is 0 Å². The standard InChI is InChI=1S/C21H23FO4S/c1-2-25-21(24)20-15(19-16(22)4-3-5-17(19)27-20)11-26-18(23)10-14-9-12-6-7-13(14)8-12/h3-5,12-14H,2,6-11H2,1H3/t12-,13-,14-/m1/s1. The van der Waals surface area contributed by atoms with Gasteiger partial charge >= 0.3 is 11.9 Å². The van der Waals surface area contributed by atoms with Crippen molar-refractivity contribution in [1.29, 1.82) is 0 Å². The van der Waals surface area contributed by atoms with Crippen LogP contribution < -0.4 is 0 Å². The first-order valence-electron chi connectivity index (χ1n) is 9.59. The molecule has 0 amide bonds. The van der Waals surface area contributed by atoms with Crippen molar-refractivity contribution < 1.29 is 23.5 Å². The summed E-state index contributed by atoms with van der Waals surface area (Å²) >= 11 is 1.17. The maximum Gasteiger partial charge on any atom is 0.348 e. The summed E-state index contributed by atoms with van der Waals surface area (Å²) in [6.07, 6.45) is 5.28. The van der Waals surface area contributed by atoms with E-state index in [0.29, 0.717) is 38.8 Å². The fraction of sp³-hybridized carbons (Fsp3) is 0.524. The van der Waals surface area contributed by atoms with Gasteiger partial charge < -0.3 is 9.47 Å². The molecule has 4 nitrogen and oxygen atoms in total. The summed E-state index contributed by atoms with van der Waals surface area (Å²) in [4.78, 5) is 25.0. The van der Waals surface area contributed by atoms with Gasteiger partial charge in [0.05, 0.1) is 6.61 Å². The van der Waals surface area contributed by atoms with Gasteiger partial charge in [0.2, 0.25) is 0 Å². The Balaban J connectivity index is 1.51. The highest BCUT2D eigenvalue weighted by Crippen LogP contribution is 2.49. The van der Waals surface area contributed by atoms with E-state index in [0.717, 1.165) is 12.3 Å². The van der Waals surface area contributed by atoms with Crippen LogP contribution in [0.2, 0.25) is 0 Å². The Bertz CT molecular complexity index is 874. The van der Waals surface area contributed by atoms with Crippen molar-refractivity contribution in [2.75, 3.05) is 6.61 Å². The number of thiophene rings is 1. The summed E-state index contributed by atoms with van der Waals surface area (Å²) in [6.45, 7) is 1.86. The van der Waals surface area contributed by atoms with Gasteiger partial charge in [-0.15, -0.1) is 11.3 Å². The number of fused-ring (bicyclic) bond motifs is 3. The van der Waals surface area contributed by atoms with Crippen LogP contribution in [0.25, 0.3) is 10.1 Å². The number of benzene rings is 1. The highest BCUT2D eigenvalue weighted by Gasteiger charge is 2.40. The lowest BCUT2D eigenvalue weighted by molar-refractivity contribution is -0.146. The van der Waals surface area contributed by atoms with Crippen molar-refractivity contribution >= 4 is 33.4 Å². The quantitative estimate of drug-likeness (QED) is 0.645. The van der Waals surface area contributed by atoms with Gasteiger partial charge in [-0.1, -0.05) is 12.5 Å². The molecule has 2 bridgehead atoms. The highest BCUT2D eigenvalue weighted by molar-refractivity contribution is 7.21. The number of carbonyl (C=O) groups excluding carboxylic acids is 2. The van der Waals surface area contributed by atoms with Crippen LogP contribution in [-0.2, 0) is 20.9 Å². The lowest BCUT2D eigenvalue weighted by atomic mass is 9.86. The molecule has 0 aliphatic heterocycles. The largest absolute Gasteiger partial charge is 0.462 e. The van der Waals surface area contributed by atoms with E-state index >= 15 is 0 Å². The van der Waals surface area contributed by atoms with Crippen molar-refractivity contribution in [2.24, 2.45) is 17.8 Å². The predicted octanol–water partition coefficient (Wildman–Crippen LogP) is 5.09. The number of halogens is 1. The summed E-state index contributed by atoms with van der Waals surface area (Å²) in [5.74, 6) is 0.653. The third kappa shape index (κ3) is 3.59. The Morgan fingerprint density at radius 2 is 2.07 bits per heavy atom. The van der Waals surface area contributed by atoms with Gasteiger partial charge in [-0.05, 0) is 56.1 Å². The third-order valence-corrected chi connectivity index (χ3v) is 7.09. The minimum absolute atomic E-state index is 0.102. The average Bonchev–Trinajstić information content (AvgIpc) is 3.34. The van der Waals surface area contributed by atoms with E-state index in [9.17, 15) is 14.0 Å². The molecule has 6 heteroatoms. The molecule has 2 aromatic rings. The number of carbonyl (C=O) groups is 2. The predicted molar refractivity (Wildman–Crippen MR) is 101 cm³/mol. The molecule has 27 heavy (non-hydrogen) atoms. The van der Waals surface area contributed by atoms with Crippen LogP contribution in [0.4, 0.5) is 4.39 Å². The zero-order valence-electron chi connectivity index (χ0n) is 15.3. The van der Waals surface area contributed by atoms with Crippen LogP contribution >= 0.6 is 11.3 Å². The topological polar surface area (TPSA) is 52.6 Å². The van der Waals surface area contributed by atoms with Gasteiger partial charge in [0.25, 0.3) is 0 Å². The Morgan fingerprint density at radius 3 is 2.78 bits per heavy atom. The smallest absolute Gasteiger partial charge is 0.348 e. The summed E-state index contributed by atoms with van der Waals surface area (Å²) in [6, 6.07) is 4.71. The van der Waals surface area contributed by atoms with Crippen molar-refractivity contribution in [3.8, 4) is 0 Å². The number of hydrogen-bond acceptors (Lipinski definition) is 5. The maximum atomic E-state index is 14.4. The summed E-state index contributed by atoms with van der Waals surface area (Å²) in [5, 5.41) is 0.346. The van der Waals surface area contributed by atoms with Crippen LogP contribution in [0.5, 0.6) is 0 Å². The summed E-state index contributed by atoms with van der Waals surface area (Å²) in [5.41, 5.74) is 0.410. The van der Waals surface area contributed by atoms with E-state index in [-0.39, 0.29) is 19.2 Å². The number of esters is 2.